The van der Waals surface area contributed by atoms with Gasteiger partial charge in [-0.05, 0) is 24.3 Å². The van der Waals surface area contributed by atoms with Gasteiger partial charge in [-0.25, -0.2) is 0 Å². The van der Waals surface area contributed by atoms with Crippen molar-refractivity contribution in [3.63, 3.8) is 0 Å². The number of carbonyl (C=O) groups excluding carboxylic acids is 1. The number of hydrogen-bond donors (Lipinski definition) is 2. The summed E-state index contributed by atoms with van der Waals surface area (Å²) in [6.45, 7) is 1.67. The molecule has 0 unspecified atom stereocenters. The molecule has 1 rings (SSSR count). The average molecular weight is 224 g/mol. The highest BCUT2D eigenvalue weighted by molar-refractivity contribution is 7.80. The number of amides is 1. The van der Waals surface area contributed by atoms with Crippen molar-refractivity contribution in [2.75, 3.05) is 11.9 Å². The van der Waals surface area contributed by atoms with E-state index in [9.17, 15) is 4.79 Å². The lowest BCUT2D eigenvalue weighted by Gasteiger charge is -2.06. The summed E-state index contributed by atoms with van der Waals surface area (Å²) in [5, 5.41) is 2.65. The number of nitrogens with one attached hydrogen (secondary N) is 1. The molecule has 0 aliphatic carbocycles. The molecule has 0 saturated carbocycles. The minimum atomic E-state index is -0.105. The second-order valence-corrected chi connectivity index (χ2v) is 3.48. The molecule has 0 radical (unpaired) electrons. The van der Waals surface area contributed by atoms with Crippen molar-refractivity contribution in [1.29, 1.82) is 0 Å². The highest BCUT2D eigenvalue weighted by atomic mass is 32.1. The molecule has 80 valence electrons. The normalized spacial score (nSPS) is 9.40. The second kappa shape index (κ2) is 5.31. The minimum absolute atomic E-state index is 0.105. The van der Waals surface area contributed by atoms with Crippen LogP contribution < -0.4 is 15.8 Å². The van der Waals surface area contributed by atoms with Crippen LogP contribution >= 0.6 is 12.2 Å². The second-order valence-electron chi connectivity index (χ2n) is 2.96. The van der Waals surface area contributed by atoms with E-state index in [1.165, 1.54) is 6.92 Å². The molecule has 0 aromatic heterocycles. The van der Waals surface area contributed by atoms with Gasteiger partial charge in [0.1, 0.15) is 17.3 Å². The van der Waals surface area contributed by atoms with E-state index in [0.29, 0.717) is 10.7 Å². The van der Waals surface area contributed by atoms with Gasteiger partial charge < -0.3 is 15.8 Å². The summed E-state index contributed by atoms with van der Waals surface area (Å²) >= 11 is 4.67. The zero-order valence-corrected chi connectivity index (χ0v) is 9.14. The fourth-order valence-corrected chi connectivity index (χ4v) is 1.05. The van der Waals surface area contributed by atoms with E-state index in [4.69, 9.17) is 10.5 Å². The number of benzene rings is 1. The maximum absolute atomic E-state index is 10.7. The van der Waals surface area contributed by atoms with E-state index < -0.39 is 0 Å². The van der Waals surface area contributed by atoms with Crippen LogP contribution in [0.5, 0.6) is 5.75 Å². The van der Waals surface area contributed by atoms with Crippen LogP contribution in [0.3, 0.4) is 0 Å². The quantitative estimate of drug-likeness (QED) is 0.757. The summed E-state index contributed by atoms with van der Waals surface area (Å²) in [5.41, 5.74) is 6.01. The number of anilines is 1. The standard InChI is InChI=1S/C10H12N2O2S/c1-7(13)12-8-2-4-9(5-3-8)14-6-10(11)15/h2-5H,6H2,1H3,(H2,11,15)(H,12,13). The Morgan fingerprint density at radius 1 is 1.47 bits per heavy atom. The van der Waals surface area contributed by atoms with Crippen LogP contribution in [0.1, 0.15) is 6.92 Å². The predicted molar refractivity (Wildman–Crippen MR) is 63.0 cm³/mol. The number of rotatable bonds is 4. The molecule has 1 aromatic carbocycles. The molecule has 3 N–H and O–H groups in total. The largest absolute Gasteiger partial charge is 0.487 e. The number of thiocarbonyl (C=S) groups is 1. The van der Waals surface area contributed by atoms with Gasteiger partial charge in [0.15, 0.2) is 0 Å². The Morgan fingerprint density at radius 2 is 2.07 bits per heavy atom. The van der Waals surface area contributed by atoms with E-state index in [0.717, 1.165) is 5.69 Å². The molecule has 5 heteroatoms. The van der Waals surface area contributed by atoms with Crippen molar-refractivity contribution in [3.8, 4) is 5.75 Å². The smallest absolute Gasteiger partial charge is 0.221 e. The van der Waals surface area contributed by atoms with Gasteiger partial charge >= 0.3 is 0 Å². The molecule has 0 saturated heterocycles. The Labute approximate surface area is 93.4 Å². The van der Waals surface area contributed by atoms with Crippen LogP contribution in [-0.2, 0) is 4.79 Å². The molecule has 0 aliphatic heterocycles. The zero-order valence-electron chi connectivity index (χ0n) is 8.32. The third kappa shape index (κ3) is 4.42. The minimum Gasteiger partial charge on any atom is -0.487 e. The van der Waals surface area contributed by atoms with Gasteiger partial charge in [0.25, 0.3) is 0 Å². The highest BCUT2D eigenvalue weighted by Gasteiger charge is 1.97. The zero-order chi connectivity index (χ0) is 11.3. The fourth-order valence-electron chi connectivity index (χ4n) is 0.992. The summed E-state index contributed by atoms with van der Waals surface area (Å²) < 4.78 is 5.25. The first kappa shape index (κ1) is 11.5. The first-order chi connectivity index (χ1) is 7.08. The molecule has 0 bridgehead atoms. The molecule has 0 atom stereocenters. The number of ether oxygens (including phenoxy) is 1. The van der Waals surface area contributed by atoms with Crippen molar-refractivity contribution in [3.05, 3.63) is 24.3 Å². The van der Waals surface area contributed by atoms with Gasteiger partial charge in [-0.1, -0.05) is 12.2 Å². The van der Waals surface area contributed by atoms with Crippen LogP contribution in [0, 0.1) is 0 Å². The highest BCUT2D eigenvalue weighted by Crippen LogP contribution is 2.15. The van der Waals surface area contributed by atoms with E-state index in [2.05, 4.69) is 17.5 Å². The topological polar surface area (TPSA) is 64.3 Å². The van der Waals surface area contributed by atoms with E-state index in [-0.39, 0.29) is 12.5 Å². The molecule has 1 aromatic rings. The number of carbonyl (C=O) groups is 1. The SMILES string of the molecule is CC(=O)Nc1ccc(OCC(N)=S)cc1. The first-order valence-corrected chi connectivity index (χ1v) is 4.77. The van der Waals surface area contributed by atoms with Gasteiger partial charge in [-0.15, -0.1) is 0 Å². The summed E-state index contributed by atoms with van der Waals surface area (Å²) in [6, 6.07) is 6.97. The van der Waals surface area contributed by atoms with Gasteiger partial charge in [-0.3, -0.25) is 4.79 Å². The van der Waals surface area contributed by atoms with Gasteiger partial charge in [0, 0.05) is 12.6 Å². The monoisotopic (exact) mass is 224 g/mol. The maximum Gasteiger partial charge on any atom is 0.221 e. The Kier molecular flexibility index (Phi) is 4.05. The number of nitrogens with two attached hydrogens (primary N) is 1. The van der Waals surface area contributed by atoms with Crippen molar-refractivity contribution >= 4 is 28.8 Å². The summed E-state index contributed by atoms with van der Waals surface area (Å²) in [4.78, 5) is 11.0. The van der Waals surface area contributed by atoms with E-state index in [1.807, 2.05) is 0 Å². The van der Waals surface area contributed by atoms with Gasteiger partial charge in [0.05, 0.1) is 0 Å². The lowest BCUT2D eigenvalue weighted by Crippen LogP contribution is -2.17. The van der Waals surface area contributed by atoms with Gasteiger partial charge in [-0.2, -0.15) is 0 Å². The Hall–Kier alpha value is -1.62. The Bertz CT molecular complexity index is 362. The lowest BCUT2D eigenvalue weighted by molar-refractivity contribution is -0.114. The van der Waals surface area contributed by atoms with Crippen LogP contribution in [0.15, 0.2) is 24.3 Å². The number of hydrogen-bond acceptors (Lipinski definition) is 3. The van der Waals surface area contributed by atoms with Crippen LogP contribution in [0.2, 0.25) is 0 Å². The third-order valence-electron chi connectivity index (χ3n) is 1.56. The van der Waals surface area contributed by atoms with Crippen LogP contribution in [0.4, 0.5) is 5.69 Å². The van der Waals surface area contributed by atoms with Crippen molar-refractivity contribution in [2.24, 2.45) is 5.73 Å². The molecule has 0 spiro atoms. The molecule has 1 amide bonds. The molecular formula is C10H12N2O2S. The predicted octanol–water partition coefficient (Wildman–Crippen LogP) is 1.31. The summed E-state index contributed by atoms with van der Waals surface area (Å²) in [6.07, 6.45) is 0. The lowest BCUT2D eigenvalue weighted by atomic mass is 10.3. The van der Waals surface area contributed by atoms with Crippen LogP contribution in [-0.4, -0.2) is 17.5 Å². The molecule has 4 nitrogen and oxygen atoms in total. The van der Waals surface area contributed by atoms with Crippen molar-refractivity contribution in [1.82, 2.24) is 0 Å². The summed E-state index contributed by atoms with van der Waals surface area (Å²) in [7, 11) is 0. The van der Waals surface area contributed by atoms with Gasteiger partial charge in [0.2, 0.25) is 5.91 Å². The molecule has 0 aliphatic rings. The van der Waals surface area contributed by atoms with Crippen LogP contribution in [0.25, 0.3) is 0 Å². The fraction of sp³-hybridized carbons (Fsp3) is 0.200. The Morgan fingerprint density at radius 3 is 2.53 bits per heavy atom. The molecule has 15 heavy (non-hydrogen) atoms. The van der Waals surface area contributed by atoms with Crippen molar-refractivity contribution in [2.45, 2.75) is 6.92 Å². The van der Waals surface area contributed by atoms with E-state index >= 15 is 0 Å². The summed E-state index contributed by atoms with van der Waals surface area (Å²) in [5.74, 6) is 0.559. The van der Waals surface area contributed by atoms with E-state index in [1.54, 1.807) is 24.3 Å². The third-order valence-corrected chi connectivity index (χ3v) is 1.67. The van der Waals surface area contributed by atoms with Crippen molar-refractivity contribution < 1.29 is 9.53 Å². The average Bonchev–Trinajstić information content (AvgIpc) is 2.16. The Balaban J connectivity index is 2.56. The first-order valence-electron chi connectivity index (χ1n) is 4.36. The molecular weight excluding hydrogens is 212 g/mol. The maximum atomic E-state index is 10.7. The molecule has 0 heterocycles. The molecule has 0 fully saturated rings.